The second-order valence-corrected chi connectivity index (χ2v) is 4.92. The predicted molar refractivity (Wildman–Crippen MR) is 69.6 cm³/mol. The number of aliphatic imine (C=N–C) groups is 1. The van der Waals surface area contributed by atoms with Gasteiger partial charge in [0, 0.05) is 32.7 Å². The summed E-state index contributed by atoms with van der Waals surface area (Å²) in [5.74, 6) is 1.31. The molecular weight excluding hydrogens is 200 g/mol. The molecule has 0 atom stereocenters. The van der Waals surface area contributed by atoms with Gasteiger partial charge in [0.2, 0.25) is 0 Å². The molecule has 0 unspecified atom stereocenters. The first-order valence-electron chi connectivity index (χ1n) is 6.40. The van der Waals surface area contributed by atoms with Crippen LogP contribution in [-0.2, 0) is 0 Å². The first-order valence-corrected chi connectivity index (χ1v) is 6.40. The van der Waals surface area contributed by atoms with Crippen molar-refractivity contribution in [3.63, 3.8) is 0 Å². The molecular formula is C12H26N4. The van der Waals surface area contributed by atoms with Crippen molar-refractivity contribution in [2.45, 2.75) is 27.2 Å². The Morgan fingerprint density at radius 1 is 1.25 bits per heavy atom. The summed E-state index contributed by atoms with van der Waals surface area (Å²) in [5, 5.41) is 0. The predicted octanol–water partition coefficient (Wildman–Crippen LogP) is 0.985. The summed E-state index contributed by atoms with van der Waals surface area (Å²) in [5.41, 5.74) is 5.97. The third-order valence-corrected chi connectivity index (χ3v) is 2.85. The normalized spacial score (nSPS) is 19.5. The summed E-state index contributed by atoms with van der Waals surface area (Å²) >= 11 is 0. The Hall–Kier alpha value is -0.770. The Morgan fingerprint density at radius 2 is 1.88 bits per heavy atom. The molecule has 16 heavy (non-hydrogen) atoms. The lowest BCUT2D eigenvalue weighted by atomic mass is 10.2. The maximum atomic E-state index is 5.97. The van der Waals surface area contributed by atoms with Crippen LogP contribution in [0.5, 0.6) is 0 Å². The molecule has 1 saturated heterocycles. The number of piperazine rings is 1. The van der Waals surface area contributed by atoms with Crippen LogP contribution in [-0.4, -0.2) is 55.0 Å². The molecule has 4 nitrogen and oxygen atoms in total. The van der Waals surface area contributed by atoms with Crippen LogP contribution in [0, 0.1) is 5.92 Å². The molecule has 4 heteroatoms. The van der Waals surface area contributed by atoms with Gasteiger partial charge in [-0.25, -0.2) is 0 Å². The number of hydrogen-bond acceptors (Lipinski definition) is 2. The second kappa shape index (κ2) is 6.74. The Morgan fingerprint density at radius 3 is 2.38 bits per heavy atom. The van der Waals surface area contributed by atoms with Gasteiger partial charge >= 0.3 is 0 Å². The molecule has 1 aliphatic heterocycles. The number of guanidine groups is 1. The minimum Gasteiger partial charge on any atom is -0.370 e. The lowest BCUT2D eigenvalue weighted by Gasteiger charge is -2.35. The average Bonchev–Trinajstić information content (AvgIpc) is 2.27. The first kappa shape index (κ1) is 13.3. The van der Waals surface area contributed by atoms with Crippen LogP contribution in [0.25, 0.3) is 0 Å². The van der Waals surface area contributed by atoms with Crippen LogP contribution in [0.15, 0.2) is 4.99 Å². The zero-order valence-corrected chi connectivity index (χ0v) is 10.9. The smallest absolute Gasteiger partial charge is 0.191 e. The highest BCUT2D eigenvalue weighted by atomic mass is 15.3. The fourth-order valence-electron chi connectivity index (χ4n) is 1.89. The van der Waals surface area contributed by atoms with Gasteiger partial charge in [0.15, 0.2) is 5.96 Å². The Balaban J connectivity index is 2.32. The van der Waals surface area contributed by atoms with Crippen molar-refractivity contribution in [3.05, 3.63) is 0 Å². The lowest BCUT2D eigenvalue weighted by molar-refractivity contribution is 0.181. The minimum absolute atomic E-state index is 0.583. The molecule has 0 aromatic carbocycles. The number of nitrogens with two attached hydrogens (primary N) is 1. The average molecular weight is 226 g/mol. The second-order valence-electron chi connectivity index (χ2n) is 4.92. The minimum atomic E-state index is 0.583. The molecule has 0 radical (unpaired) electrons. The van der Waals surface area contributed by atoms with Crippen molar-refractivity contribution in [1.29, 1.82) is 0 Å². The van der Waals surface area contributed by atoms with Crippen molar-refractivity contribution in [2.24, 2.45) is 16.6 Å². The molecule has 1 fully saturated rings. The maximum absolute atomic E-state index is 5.97. The fraction of sp³-hybridized carbons (Fsp3) is 0.917. The highest BCUT2D eigenvalue weighted by Crippen LogP contribution is 2.02. The van der Waals surface area contributed by atoms with Crippen LogP contribution in [0.2, 0.25) is 0 Å². The van der Waals surface area contributed by atoms with Gasteiger partial charge in [-0.05, 0) is 18.9 Å². The Kier molecular flexibility index (Phi) is 5.60. The molecule has 0 saturated carbocycles. The van der Waals surface area contributed by atoms with E-state index in [9.17, 15) is 0 Å². The largest absolute Gasteiger partial charge is 0.370 e. The van der Waals surface area contributed by atoms with Crippen LogP contribution < -0.4 is 5.73 Å². The van der Waals surface area contributed by atoms with Gasteiger partial charge in [-0.2, -0.15) is 0 Å². The zero-order chi connectivity index (χ0) is 12.0. The van der Waals surface area contributed by atoms with Gasteiger partial charge in [-0.1, -0.05) is 20.8 Å². The summed E-state index contributed by atoms with van der Waals surface area (Å²) in [6.07, 6.45) is 1.23. The van der Waals surface area contributed by atoms with E-state index >= 15 is 0 Å². The quantitative estimate of drug-likeness (QED) is 0.574. The summed E-state index contributed by atoms with van der Waals surface area (Å²) < 4.78 is 0. The standard InChI is InChI=1S/C12H26N4/c1-4-5-15-6-8-16(9-7-15)12(13)14-10-11(2)3/h11H,4-10H2,1-3H3,(H2,13,14). The lowest BCUT2D eigenvalue weighted by Crippen LogP contribution is -2.51. The fourth-order valence-corrected chi connectivity index (χ4v) is 1.89. The Bertz CT molecular complexity index is 217. The zero-order valence-electron chi connectivity index (χ0n) is 10.9. The number of hydrogen-bond donors (Lipinski definition) is 1. The van der Waals surface area contributed by atoms with Crippen molar-refractivity contribution in [1.82, 2.24) is 9.80 Å². The molecule has 0 aromatic heterocycles. The summed E-state index contributed by atoms with van der Waals surface area (Å²) in [6, 6.07) is 0. The van der Waals surface area contributed by atoms with Gasteiger partial charge < -0.3 is 10.6 Å². The van der Waals surface area contributed by atoms with Gasteiger partial charge in [-0.15, -0.1) is 0 Å². The van der Waals surface area contributed by atoms with E-state index in [0.29, 0.717) is 5.92 Å². The highest BCUT2D eigenvalue weighted by Gasteiger charge is 2.17. The van der Waals surface area contributed by atoms with Crippen molar-refractivity contribution >= 4 is 5.96 Å². The van der Waals surface area contributed by atoms with Crippen LogP contribution >= 0.6 is 0 Å². The third-order valence-electron chi connectivity index (χ3n) is 2.85. The van der Waals surface area contributed by atoms with Crippen molar-refractivity contribution in [3.8, 4) is 0 Å². The molecule has 0 aromatic rings. The van der Waals surface area contributed by atoms with E-state index in [2.05, 4.69) is 35.6 Å². The van der Waals surface area contributed by atoms with E-state index in [0.717, 1.165) is 38.7 Å². The third kappa shape index (κ3) is 4.39. The van der Waals surface area contributed by atoms with Gasteiger partial charge in [0.1, 0.15) is 0 Å². The molecule has 1 aliphatic rings. The van der Waals surface area contributed by atoms with E-state index in [1.54, 1.807) is 0 Å². The van der Waals surface area contributed by atoms with E-state index in [4.69, 9.17) is 5.73 Å². The number of rotatable bonds is 4. The maximum Gasteiger partial charge on any atom is 0.191 e. The van der Waals surface area contributed by atoms with E-state index in [1.165, 1.54) is 13.0 Å². The van der Waals surface area contributed by atoms with Crippen molar-refractivity contribution < 1.29 is 0 Å². The molecule has 1 heterocycles. The van der Waals surface area contributed by atoms with E-state index in [-0.39, 0.29) is 0 Å². The number of nitrogens with zero attached hydrogens (tertiary/aromatic N) is 3. The first-order chi connectivity index (χ1) is 7.63. The molecule has 2 N–H and O–H groups in total. The molecule has 0 aliphatic carbocycles. The van der Waals surface area contributed by atoms with E-state index < -0.39 is 0 Å². The molecule has 0 amide bonds. The summed E-state index contributed by atoms with van der Waals surface area (Å²) in [6.45, 7) is 12.9. The SMILES string of the molecule is CCCN1CCN(C(N)=NCC(C)C)CC1. The van der Waals surface area contributed by atoms with Crippen molar-refractivity contribution in [2.75, 3.05) is 39.3 Å². The van der Waals surface area contributed by atoms with E-state index in [1.807, 2.05) is 0 Å². The summed E-state index contributed by atoms with van der Waals surface area (Å²) in [4.78, 5) is 9.12. The molecule has 0 spiro atoms. The topological polar surface area (TPSA) is 44.9 Å². The monoisotopic (exact) mass is 226 g/mol. The van der Waals surface area contributed by atoms with Crippen LogP contribution in [0.3, 0.4) is 0 Å². The molecule has 0 bridgehead atoms. The van der Waals surface area contributed by atoms with Gasteiger partial charge in [0.05, 0.1) is 0 Å². The Labute approximate surface area is 99.5 Å². The summed E-state index contributed by atoms with van der Waals surface area (Å²) in [7, 11) is 0. The van der Waals surface area contributed by atoms with Crippen LogP contribution in [0.1, 0.15) is 27.2 Å². The molecule has 1 rings (SSSR count). The van der Waals surface area contributed by atoms with Gasteiger partial charge in [0.25, 0.3) is 0 Å². The van der Waals surface area contributed by atoms with Gasteiger partial charge in [-0.3, -0.25) is 9.89 Å². The highest BCUT2D eigenvalue weighted by molar-refractivity contribution is 5.78. The molecule has 94 valence electrons. The van der Waals surface area contributed by atoms with Crippen LogP contribution in [0.4, 0.5) is 0 Å².